The highest BCUT2D eigenvalue weighted by Crippen LogP contribution is 2.36. The number of carbonyl (C=O) groups is 1. The SMILES string of the molecule is Cc1cc(C(F)(F)F)cc2cc(Cc3c(Cl)ccc(C(=O)N4CCOCC4)c3Cl)n(C)c12. The van der Waals surface area contributed by atoms with Crippen molar-refractivity contribution in [1.29, 1.82) is 0 Å². The van der Waals surface area contributed by atoms with Crippen molar-refractivity contribution in [3.8, 4) is 0 Å². The van der Waals surface area contributed by atoms with E-state index in [0.717, 1.165) is 17.8 Å². The molecule has 0 radical (unpaired) electrons. The number of fused-ring (bicyclic) bond motifs is 1. The summed E-state index contributed by atoms with van der Waals surface area (Å²) >= 11 is 13.0. The van der Waals surface area contributed by atoms with E-state index >= 15 is 0 Å². The third kappa shape index (κ3) is 4.21. The van der Waals surface area contributed by atoms with Gasteiger partial charge in [0.25, 0.3) is 5.91 Å². The molecule has 2 heterocycles. The van der Waals surface area contributed by atoms with Gasteiger partial charge in [-0.25, -0.2) is 0 Å². The standard InChI is InChI=1S/C23H21Cl2F3N2O2/c1-13-9-15(23(26,27)28)10-14-11-16(29(2)21(13)14)12-18-19(24)4-3-17(20(18)25)22(31)30-5-7-32-8-6-30/h3-4,9-11H,5-8,12H2,1-2H3. The fourth-order valence-corrected chi connectivity index (χ4v) is 4.76. The molecular formula is C23H21Cl2F3N2O2. The number of nitrogens with zero attached hydrogens (tertiary/aromatic N) is 2. The van der Waals surface area contributed by atoms with Crippen molar-refractivity contribution in [3.63, 3.8) is 0 Å². The molecule has 0 aliphatic carbocycles. The molecule has 0 unspecified atom stereocenters. The van der Waals surface area contributed by atoms with E-state index in [9.17, 15) is 18.0 Å². The second kappa shape index (κ2) is 8.61. The molecule has 32 heavy (non-hydrogen) atoms. The van der Waals surface area contributed by atoms with Crippen molar-refractivity contribution < 1.29 is 22.7 Å². The van der Waals surface area contributed by atoms with E-state index in [2.05, 4.69) is 0 Å². The van der Waals surface area contributed by atoms with Crippen molar-refractivity contribution in [3.05, 3.63) is 68.3 Å². The molecule has 2 aromatic carbocycles. The van der Waals surface area contributed by atoms with Crippen LogP contribution < -0.4 is 0 Å². The Morgan fingerprint density at radius 3 is 2.47 bits per heavy atom. The topological polar surface area (TPSA) is 34.5 Å². The fourth-order valence-electron chi connectivity index (χ4n) is 4.17. The van der Waals surface area contributed by atoms with Gasteiger partial charge < -0.3 is 14.2 Å². The van der Waals surface area contributed by atoms with Gasteiger partial charge in [0, 0.05) is 42.7 Å². The van der Waals surface area contributed by atoms with Gasteiger partial charge in [-0.05, 0) is 48.4 Å². The van der Waals surface area contributed by atoms with Crippen LogP contribution in [-0.2, 0) is 24.4 Å². The number of rotatable bonds is 3. The lowest BCUT2D eigenvalue weighted by atomic mass is 10.0. The largest absolute Gasteiger partial charge is 0.416 e. The third-order valence-corrected chi connectivity index (χ3v) is 6.60. The molecule has 0 N–H and O–H groups in total. The van der Waals surface area contributed by atoms with E-state index < -0.39 is 11.7 Å². The van der Waals surface area contributed by atoms with E-state index in [-0.39, 0.29) is 17.4 Å². The lowest BCUT2D eigenvalue weighted by Crippen LogP contribution is -2.40. The van der Waals surface area contributed by atoms with Crippen LogP contribution in [0.15, 0.2) is 30.3 Å². The van der Waals surface area contributed by atoms with Gasteiger partial charge in [0.1, 0.15) is 0 Å². The Labute approximate surface area is 193 Å². The second-order valence-electron chi connectivity index (χ2n) is 7.89. The summed E-state index contributed by atoms with van der Waals surface area (Å²) in [6, 6.07) is 7.24. The number of benzene rings is 2. The summed E-state index contributed by atoms with van der Waals surface area (Å²) in [4.78, 5) is 14.6. The highest BCUT2D eigenvalue weighted by atomic mass is 35.5. The first-order chi connectivity index (χ1) is 15.1. The van der Waals surface area contributed by atoms with Crippen LogP contribution in [-0.4, -0.2) is 41.7 Å². The van der Waals surface area contributed by atoms with Crippen molar-refractivity contribution in [1.82, 2.24) is 9.47 Å². The van der Waals surface area contributed by atoms with Crippen LogP contribution >= 0.6 is 23.2 Å². The maximum atomic E-state index is 13.2. The second-order valence-corrected chi connectivity index (χ2v) is 8.68. The number of ether oxygens (including phenoxy) is 1. The van der Waals surface area contributed by atoms with Crippen LogP contribution in [0, 0.1) is 6.92 Å². The van der Waals surface area contributed by atoms with Gasteiger partial charge >= 0.3 is 6.18 Å². The monoisotopic (exact) mass is 484 g/mol. The van der Waals surface area contributed by atoms with Gasteiger partial charge in [-0.3, -0.25) is 4.79 Å². The number of hydrogen-bond donors (Lipinski definition) is 0. The summed E-state index contributed by atoms with van der Waals surface area (Å²) in [5, 5.41) is 1.14. The van der Waals surface area contributed by atoms with Crippen LogP contribution in [0.2, 0.25) is 10.0 Å². The summed E-state index contributed by atoms with van der Waals surface area (Å²) in [6.45, 7) is 3.56. The van der Waals surface area contributed by atoms with Gasteiger partial charge in [0.2, 0.25) is 0 Å². The van der Waals surface area contributed by atoms with E-state index in [1.807, 2.05) is 4.57 Å². The molecular weight excluding hydrogens is 464 g/mol. The molecule has 9 heteroatoms. The summed E-state index contributed by atoms with van der Waals surface area (Å²) in [6.07, 6.45) is -4.15. The van der Waals surface area contributed by atoms with Crippen LogP contribution in [0.5, 0.6) is 0 Å². The predicted molar refractivity (Wildman–Crippen MR) is 119 cm³/mol. The summed E-state index contributed by atoms with van der Waals surface area (Å²) in [5.74, 6) is -0.195. The van der Waals surface area contributed by atoms with Crippen LogP contribution in [0.4, 0.5) is 13.2 Å². The molecule has 4 nitrogen and oxygen atoms in total. The Morgan fingerprint density at radius 1 is 1.12 bits per heavy atom. The smallest absolute Gasteiger partial charge is 0.378 e. The molecule has 1 fully saturated rings. The number of hydrogen-bond acceptors (Lipinski definition) is 2. The molecule has 1 saturated heterocycles. The average Bonchev–Trinajstić information content (AvgIpc) is 3.06. The third-order valence-electron chi connectivity index (χ3n) is 5.82. The minimum Gasteiger partial charge on any atom is -0.378 e. The van der Waals surface area contributed by atoms with Crippen LogP contribution in [0.25, 0.3) is 10.9 Å². The zero-order chi connectivity index (χ0) is 23.2. The number of alkyl halides is 3. The number of morpholine rings is 1. The zero-order valence-electron chi connectivity index (χ0n) is 17.5. The summed E-state index contributed by atoms with van der Waals surface area (Å²) in [5.41, 5.74) is 2.20. The minimum absolute atomic E-state index is 0.195. The number of halogens is 5. The van der Waals surface area contributed by atoms with Gasteiger partial charge in [-0.15, -0.1) is 0 Å². The first kappa shape index (κ1) is 23.0. The Hall–Kier alpha value is -2.22. The summed E-state index contributed by atoms with van der Waals surface area (Å²) in [7, 11) is 1.79. The first-order valence-electron chi connectivity index (χ1n) is 10.1. The van der Waals surface area contributed by atoms with Crippen LogP contribution in [0.3, 0.4) is 0 Å². The molecule has 170 valence electrons. The van der Waals surface area contributed by atoms with Gasteiger partial charge in [-0.1, -0.05) is 23.2 Å². The molecule has 0 spiro atoms. The molecule has 1 aromatic heterocycles. The molecule has 0 bridgehead atoms. The first-order valence-corrected chi connectivity index (χ1v) is 10.8. The van der Waals surface area contributed by atoms with Gasteiger partial charge in [0.05, 0.1) is 34.9 Å². The number of aryl methyl sites for hydroxylation is 2. The molecule has 1 amide bonds. The van der Waals surface area contributed by atoms with Crippen molar-refractivity contribution in [2.24, 2.45) is 7.05 Å². The molecule has 4 rings (SSSR count). The molecule has 3 aromatic rings. The highest BCUT2D eigenvalue weighted by Gasteiger charge is 2.31. The Balaban J connectivity index is 1.73. The lowest BCUT2D eigenvalue weighted by molar-refractivity contribution is -0.137. The zero-order valence-corrected chi connectivity index (χ0v) is 19.0. The maximum absolute atomic E-state index is 13.2. The molecule has 1 aliphatic heterocycles. The van der Waals surface area contributed by atoms with Crippen molar-refractivity contribution in [2.75, 3.05) is 26.3 Å². The number of aromatic nitrogens is 1. The van der Waals surface area contributed by atoms with Gasteiger partial charge in [-0.2, -0.15) is 13.2 Å². The van der Waals surface area contributed by atoms with E-state index in [1.165, 1.54) is 0 Å². The molecule has 0 saturated carbocycles. The number of amides is 1. The minimum atomic E-state index is -4.42. The normalized spacial score (nSPS) is 14.9. The Morgan fingerprint density at radius 2 is 1.81 bits per heavy atom. The lowest BCUT2D eigenvalue weighted by Gasteiger charge is -2.27. The Kier molecular flexibility index (Phi) is 6.18. The van der Waals surface area contributed by atoms with E-state index in [0.29, 0.717) is 58.9 Å². The summed E-state index contributed by atoms with van der Waals surface area (Å²) < 4.78 is 46.9. The van der Waals surface area contributed by atoms with Gasteiger partial charge in [0.15, 0.2) is 0 Å². The van der Waals surface area contributed by atoms with Crippen molar-refractivity contribution in [2.45, 2.75) is 19.5 Å². The van der Waals surface area contributed by atoms with Crippen LogP contribution in [0.1, 0.15) is 32.7 Å². The quantitative estimate of drug-likeness (QED) is 0.465. The van der Waals surface area contributed by atoms with E-state index in [4.69, 9.17) is 27.9 Å². The highest BCUT2D eigenvalue weighted by molar-refractivity contribution is 6.38. The fraction of sp³-hybridized carbons (Fsp3) is 0.348. The maximum Gasteiger partial charge on any atom is 0.416 e. The Bertz CT molecular complexity index is 1200. The molecule has 1 aliphatic rings. The van der Waals surface area contributed by atoms with Crippen molar-refractivity contribution >= 4 is 40.0 Å². The molecule has 0 atom stereocenters. The average molecular weight is 485 g/mol. The number of carbonyl (C=O) groups excluding carboxylic acids is 1. The predicted octanol–water partition coefficient (Wildman–Crippen LogP) is 5.88. The van der Waals surface area contributed by atoms with E-state index in [1.54, 1.807) is 37.1 Å².